The molecule has 0 radical (unpaired) electrons. The van der Waals surface area contributed by atoms with E-state index < -0.39 is 11.9 Å². The Hall–Kier alpha value is -3.85. The number of para-hydroxylation sites is 1. The number of likely N-dealkylation sites (tertiary alicyclic amines) is 1. The molecule has 2 heterocycles. The van der Waals surface area contributed by atoms with Gasteiger partial charge in [0.05, 0.1) is 17.3 Å². The molecule has 2 fully saturated rings. The quantitative estimate of drug-likeness (QED) is 0.334. The summed E-state index contributed by atoms with van der Waals surface area (Å²) in [5, 5.41) is 20.5. The van der Waals surface area contributed by atoms with E-state index in [1.54, 1.807) is 11.0 Å². The highest BCUT2D eigenvalue weighted by Crippen LogP contribution is 2.42. The van der Waals surface area contributed by atoms with E-state index in [1.165, 1.54) is 0 Å². The lowest BCUT2D eigenvalue weighted by Gasteiger charge is -2.34. The molecule has 2 unspecified atom stereocenters. The molecule has 0 aromatic heterocycles. The molecule has 0 bridgehead atoms. The number of aliphatic carboxylic acids is 1. The van der Waals surface area contributed by atoms with Crippen LogP contribution in [0.3, 0.4) is 0 Å². The van der Waals surface area contributed by atoms with Crippen LogP contribution in [-0.4, -0.2) is 52.5 Å². The van der Waals surface area contributed by atoms with Gasteiger partial charge in [-0.05, 0) is 80.5 Å². The number of rotatable bonds is 6. The molecule has 5 rings (SSSR count). The second kappa shape index (κ2) is 10.5. The lowest BCUT2D eigenvalue weighted by molar-refractivity contribution is -0.143. The van der Waals surface area contributed by atoms with Gasteiger partial charge in [0, 0.05) is 18.7 Å². The van der Waals surface area contributed by atoms with Gasteiger partial charge in [0.15, 0.2) is 0 Å². The van der Waals surface area contributed by atoms with Gasteiger partial charge < -0.3 is 10.2 Å². The molecule has 2 aliphatic heterocycles. The molecule has 38 heavy (non-hydrogen) atoms. The topological polar surface area (TPSA) is 117 Å². The maximum atomic E-state index is 13.6. The fourth-order valence-corrected chi connectivity index (χ4v) is 5.50. The standard InChI is InChI=1S/C29H35N5O4/c1-4-33-15-21(16-33)27-30-26(28(36)34(27)22-12-11-17(2)18(3)13-22)32-31-24-10-6-9-23(25(24)35)19-7-5-8-20(14-19)29(37)38/h6,9-13,19-20,31,35H,4-5,7-8,14-16H2,1-3H3,(H,30,32)(H,37,38). The van der Waals surface area contributed by atoms with Crippen molar-refractivity contribution in [2.75, 3.05) is 30.0 Å². The minimum absolute atomic E-state index is 0.0335. The number of hydrogen-bond acceptors (Lipinski definition) is 7. The minimum atomic E-state index is -0.783. The molecule has 9 nitrogen and oxygen atoms in total. The molecule has 3 aliphatic rings. The van der Waals surface area contributed by atoms with Crippen LogP contribution in [0.5, 0.6) is 5.75 Å². The van der Waals surface area contributed by atoms with E-state index in [9.17, 15) is 19.8 Å². The van der Waals surface area contributed by atoms with Crippen molar-refractivity contribution in [3.05, 3.63) is 64.5 Å². The molecule has 2 aromatic carbocycles. The van der Waals surface area contributed by atoms with Gasteiger partial charge in [0.25, 0.3) is 0 Å². The Bertz CT molecular complexity index is 1330. The zero-order chi connectivity index (χ0) is 27.0. The van der Waals surface area contributed by atoms with Crippen LogP contribution < -0.4 is 15.8 Å². The van der Waals surface area contributed by atoms with Gasteiger partial charge in [-0.1, -0.05) is 31.5 Å². The number of carboxylic acids is 1. The number of nitrogens with zero attached hydrogens (tertiary/aromatic N) is 3. The number of carbonyl (C=O) groups is 2. The summed E-state index contributed by atoms with van der Waals surface area (Å²) in [6.07, 6.45) is 2.81. The summed E-state index contributed by atoms with van der Waals surface area (Å²) in [6.45, 7) is 8.65. The van der Waals surface area contributed by atoms with Gasteiger partial charge in [-0.25, -0.2) is 4.99 Å². The van der Waals surface area contributed by atoms with Crippen molar-refractivity contribution in [2.24, 2.45) is 10.9 Å². The molecule has 9 heteroatoms. The van der Waals surface area contributed by atoms with Crippen LogP contribution in [0.2, 0.25) is 0 Å². The van der Waals surface area contributed by atoms with Crippen molar-refractivity contribution >= 4 is 29.1 Å². The number of nitrogens with one attached hydrogen (secondary N) is 2. The smallest absolute Gasteiger partial charge is 0.306 e. The summed E-state index contributed by atoms with van der Waals surface area (Å²) in [6, 6.07) is 11.3. The Morgan fingerprint density at radius 1 is 1.11 bits per heavy atom. The van der Waals surface area contributed by atoms with Crippen LogP contribution in [0.1, 0.15) is 55.2 Å². The lowest BCUT2D eigenvalue weighted by atomic mass is 9.77. The first-order valence-electron chi connectivity index (χ1n) is 13.3. The van der Waals surface area contributed by atoms with E-state index in [-0.39, 0.29) is 23.4 Å². The van der Waals surface area contributed by atoms with Gasteiger partial charge in [-0.3, -0.25) is 30.2 Å². The third-order valence-electron chi connectivity index (χ3n) is 8.02. The van der Waals surface area contributed by atoms with E-state index in [4.69, 9.17) is 0 Å². The van der Waals surface area contributed by atoms with Crippen LogP contribution >= 0.6 is 0 Å². The van der Waals surface area contributed by atoms with Crippen molar-refractivity contribution in [3.8, 4) is 5.75 Å². The number of amides is 1. The third-order valence-corrected chi connectivity index (χ3v) is 8.02. The summed E-state index contributed by atoms with van der Waals surface area (Å²) in [4.78, 5) is 33.7. The third kappa shape index (κ3) is 4.86. The average molecular weight is 518 g/mol. The average Bonchev–Trinajstić information content (AvgIpc) is 3.20. The largest absolute Gasteiger partial charge is 0.505 e. The fraction of sp³-hybridized carbons (Fsp3) is 0.414. The molecule has 0 spiro atoms. The molecular weight excluding hydrogens is 482 g/mol. The Morgan fingerprint density at radius 2 is 1.89 bits per heavy atom. The first kappa shape index (κ1) is 25.8. The van der Waals surface area contributed by atoms with Crippen molar-refractivity contribution in [3.63, 3.8) is 0 Å². The second-order valence-corrected chi connectivity index (χ2v) is 10.5. The summed E-state index contributed by atoms with van der Waals surface area (Å²) in [5.41, 5.74) is 11.2. The van der Waals surface area contributed by atoms with Gasteiger partial charge >= 0.3 is 11.9 Å². The predicted octanol–water partition coefficient (Wildman–Crippen LogP) is 4.28. The summed E-state index contributed by atoms with van der Waals surface area (Å²) >= 11 is 0. The highest BCUT2D eigenvalue weighted by Gasteiger charge is 2.37. The molecule has 1 amide bonds. The Morgan fingerprint density at radius 3 is 2.61 bits per heavy atom. The Kier molecular flexibility index (Phi) is 7.12. The van der Waals surface area contributed by atoms with Crippen LogP contribution in [-0.2, 0) is 9.59 Å². The normalized spacial score (nSPS) is 21.8. The van der Waals surface area contributed by atoms with Crippen LogP contribution in [0.4, 0.5) is 11.4 Å². The maximum absolute atomic E-state index is 13.6. The fourth-order valence-electron chi connectivity index (χ4n) is 5.50. The minimum Gasteiger partial charge on any atom is -0.505 e. The number of hydrazine groups is 1. The van der Waals surface area contributed by atoms with E-state index in [0.29, 0.717) is 24.4 Å². The number of likely N-dealkylation sites (N-methyl/N-ethyl adjacent to an activating group) is 1. The number of carboxylic acid groups (broad SMARTS) is 1. The van der Waals surface area contributed by atoms with Crippen molar-refractivity contribution < 1.29 is 19.8 Å². The zero-order valence-corrected chi connectivity index (χ0v) is 22.1. The summed E-state index contributed by atoms with van der Waals surface area (Å²) in [7, 11) is 0. The van der Waals surface area contributed by atoms with Gasteiger partial charge in [-0.2, -0.15) is 0 Å². The van der Waals surface area contributed by atoms with Crippen molar-refractivity contribution in [1.29, 1.82) is 0 Å². The Balaban J connectivity index is 1.37. The van der Waals surface area contributed by atoms with Crippen LogP contribution in [0.15, 0.2) is 52.8 Å². The van der Waals surface area contributed by atoms with Gasteiger partial charge in [0.1, 0.15) is 11.6 Å². The molecule has 1 saturated carbocycles. The lowest BCUT2D eigenvalue weighted by Crippen LogP contribution is -2.43. The number of aryl methyl sites for hydroxylation is 2. The summed E-state index contributed by atoms with van der Waals surface area (Å²) < 4.78 is 0. The number of carbonyl (C=O) groups excluding carboxylic acids is 1. The highest BCUT2D eigenvalue weighted by molar-refractivity contribution is 6.46. The molecule has 4 N–H and O–H groups in total. The van der Waals surface area contributed by atoms with Crippen LogP contribution in [0.25, 0.3) is 0 Å². The monoisotopic (exact) mass is 517 g/mol. The second-order valence-electron chi connectivity index (χ2n) is 10.5. The predicted molar refractivity (Wildman–Crippen MR) is 147 cm³/mol. The SMILES string of the molecule is CCN1CC(=C2N=C(NNc3cccc(C4CCCC(C(=O)O)C4)c3O)C(=O)N2c2ccc(C)c(C)c2)C1. The molecule has 2 atom stereocenters. The molecule has 1 aliphatic carbocycles. The van der Waals surface area contributed by atoms with Crippen LogP contribution in [0, 0.1) is 19.8 Å². The molecule has 200 valence electrons. The van der Waals surface area contributed by atoms with E-state index in [2.05, 4.69) is 27.7 Å². The maximum Gasteiger partial charge on any atom is 0.306 e. The van der Waals surface area contributed by atoms with Crippen molar-refractivity contribution in [2.45, 2.75) is 52.4 Å². The molecule has 2 aromatic rings. The number of aromatic hydroxyl groups is 1. The van der Waals surface area contributed by atoms with E-state index in [1.807, 2.05) is 44.2 Å². The highest BCUT2D eigenvalue weighted by atomic mass is 16.4. The first-order valence-corrected chi connectivity index (χ1v) is 13.3. The number of phenols is 1. The van der Waals surface area contributed by atoms with E-state index in [0.717, 1.165) is 60.4 Å². The number of anilines is 2. The number of hydrogen-bond donors (Lipinski definition) is 4. The Labute approximate surface area is 222 Å². The van der Waals surface area contributed by atoms with E-state index >= 15 is 0 Å². The number of phenolic OH excluding ortho intramolecular Hbond substituents is 1. The summed E-state index contributed by atoms with van der Waals surface area (Å²) in [5.74, 6) is -0.634. The number of amidine groups is 1. The number of benzene rings is 2. The zero-order valence-electron chi connectivity index (χ0n) is 22.1. The first-order chi connectivity index (χ1) is 18.3. The molecule has 1 saturated heterocycles. The van der Waals surface area contributed by atoms with Crippen molar-refractivity contribution in [1.82, 2.24) is 10.3 Å². The molecular formula is C29H35N5O4. The van der Waals surface area contributed by atoms with Gasteiger partial charge in [-0.15, -0.1) is 0 Å². The van der Waals surface area contributed by atoms with Gasteiger partial charge in [0.2, 0.25) is 5.84 Å². The number of aliphatic imine (C=N–C) groups is 1.